The molecule has 2 unspecified atom stereocenters. The number of amides is 2. The number of benzene rings is 1. The molecule has 176 valence electrons. The second-order valence-corrected chi connectivity index (χ2v) is 11.6. The Morgan fingerprint density at radius 1 is 1.21 bits per heavy atom. The van der Waals surface area contributed by atoms with Crippen molar-refractivity contribution in [1.29, 1.82) is 0 Å². The van der Waals surface area contributed by atoms with Gasteiger partial charge in [0.1, 0.15) is 17.5 Å². The van der Waals surface area contributed by atoms with E-state index in [1.807, 2.05) is 44.2 Å². The van der Waals surface area contributed by atoms with Crippen LogP contribution in [0.4, 0.5) is 0 Å². The van der Waals surface area contributed by atoms with E-state index in [1.165, 1.54) is 4.80 Å². The lowest BCUT2D eigenvalue weighted by molar-refractivity contribution is -0.158. The van der Waals surface area contributed by atoms with Crippen LogP contribution in [-0.4, -0.2) is 59.1 Å². The van der Waals surface area contributed by atoms with Crippen molar-refractivity contribution in [3.05, 3.63) is 41.7 Å². The van der Waals surface area contributed by atoms with Gasteiger partial charge in [-0.05, 0) is 45.4 Å². The van der Waals surface area contributed by atoms with E-state index in [4.69, 9.17) is 4.74 Å². The van der Waals surface area contributed by atoms with Crippen LogP contribution in [0.5, 0.6) is 0 Å². The van der Waals surface area contributed by atoms with Crippen molar-refractivity contribution in [3.8, 4) is 0 Å². The number of thioether (sulfide) groups is 1. The van der Waals surface area contributed by atoms with Gasteiger partial charge in [-0.2, -0.15) is 0 Å². The number of hydrogen-bond acceptors (Lipinski definition) is 8. The molecule has 4 rings (SSSR count). The lowest BCUT2D eigenvalue weighted by Gasteiger charge is -2.44. The predicted octanol–water partition coefficient (Wildman–Crippen LogP) is 1.68. The number of hydrogen-bond donors (Lipinski definition) is 1. The molecule has 2 fully saturated rings. The molecule has 3 heterocycles. The molecule has 0 saturated carbocycles. The van der Waals surface area contributed by atoms with Crippen LogP contribution in [0, 0.1) is 5.41 Å². The molecular weight excluding hydrogens is 444 g/mol. The molecule has 1 aromatic carbocycles. The third-order valence-electron chi connectivity index (χ3n) is 5.60. The van der Waals surface area contributed by atoms with Gasteiger partial charge in [-0.3, -0.25) is 14.4 Å². The highest BCUT2D eigenvalue weighted by Gasteiger charge is 2.63. The van der Waals surface area contributed by atoms with Crippen LogP contribution in [0.3, 0.4) is 0 Å². The maximum atomic E-state index is 13.0. The largest absolute Gasteiger partial charge is 0.440 e. The Hall–Kier alpha value is -2.95. The molecule has 2 aliphatic rings. The fourth-order valence-corrected chi connectivity index (χ4v) is 5.55. The Morgan fingerprint density at radius 3 is 2.58 bits per heavy atom. The summed E-state index contributed by atoms with van der Waals surface area (Å²) in [6, 6.07) is 8.42. The molecule has 1 aromatic heterocycles. The van der Waals surface area contributed by atoms with Gasteiger partial charge in [-0.15, -0.1) is 26.8 Å². The highest BCUT2D eigenvalue weighted by Crippen LogP contribution is 2.56. The van der Waals surface area contributed by atoms with Crippen LogP contribution in [0.1, 0.15) is 52.0 Å². The van der Waals surface area contributed by atoms with Gasteiger partial charge < -0.3 is 15.0 Å². The average molecular weight is 473 g/mol. The topological polar surface area (TPSA) is 119 Å². The Balaban J connectivity index is 1.41. The summed E-state index contributed by atoms with van der Waals surface area (Å²) in [6.45, 7) is 9.16. The third kappa shape index (κ3) is 4.59. The van der Waals surface area contributed by atoms with Crippen molar-refractivity contribution in [2.75, 3.05) is 0 Å². The van der Waals surface area contributed by atoms with Crippen LogP contribution in [0.25, 0.3) is 0 Å². The molecule has 0 spiro atoms. The van der Waals surface area contributed by atoms with Crippen molar-refractivity contribution < 1.29 is 19.1 Å². The number of rotatable bonds is 6. The molecule has 2 amide bonds. The second kappa shape index (κ2) is 8.44. The fourth-order valence-electron chi connectivity index (χ4n) is 3.92. The first-order chi connectivity index (χ1) is 15.5. The smallest absolute Gasteiger partial charge is 0.313 e. The van der Waals surface area contributed by atoms with Gasteiger partial charge in [0.05, 0.1) is 11.8 Å². The number of nitrogens with zero attached hydrogens (tertiary/aromatic N) is 5. The highest BCUT2D eigenvalue weighted by atomic mass is 32.2. The van der Waals surface area contributed by atoms with Gasteiger partial charge in [-0.25, -0.2) is 0 Å². The van der Waals surface area contributed by atoms with E-state index in [1.54, 1.807) is 37.4 Å². The number of β-lactam (4-membered cyclic amide) rings is 1. The Labute approximate surface area is 196 Å². The zero-order chi connectivity index (χ0) is 24.0. The number of fused-ring (bicyclic) bond motifs is 1. The van der Waals surface area contributed by atoms with Gasteiger partial charge in [-0.1, -0.05) is 30.3 Å². The van der Waals surface area contributed by atoms with Crippen molar-refractivity contribution in [1.82, 2.24) is 30.4 Å². The van der Waals surface area contributed by atoms with Gasteiger partial charge >= 0.3 is 5.97 Å². The first-order valence-electron chi connectivity index (χ1n) is 10.8. The van der Waals surface area contributed by atoms with E-state index < -0.39 is 22.2 Å². The molecule has 3 atom stereocenters. The molecule has 33 heavy (non-hydrogen) atoms. The zero-order valence-corrected chi connectivity index (χ0v) is 20.1. The Bertz CT molecular complexity index is 1060. The van der Waals surface area contributed by atoms with Gasteiger partial charge in [0.25, 0.3) is 0 Å². The number of carbonyl (C=O) groups excluding carboxylic acids is 3. The SMILES string of the molecule is CC(C)(C)C(=O)OCn1nnc(C2N3C(=O)C(NC(=O)Cc4ccccc4)[C@H]3SC2(C)C)n1. The van der Waals surface area contributed by atoms with Crippen LogP contribution in [0.15, 0.2) is 30.3 Å². The number of esters is 1. The van der Waals surface area contributed by atoms with Crippen molar-refractivity contribution in [3.63, 3.8) is 0 Å². The molecule has 2 aliphatic heterocycles. The quantitative estimate of drug-likeness (QED) is 0.498. The molecule has 11 heteroatoms. The maximum Gasteiger partial charge on any atom is 0.313 e. The Morgan fingerprint density at radius 2 is 1.91 bits per heavy atom. The number of nitrogens with one attached hydrogen (secondary N) is 1. The third-order valence-corrected chi connectivity index (χ3v) is 7.17. The van der Waals surface area contributed by atoms with Crippen LogP contribution >= 0.6 is 11.8 Å². The summed E-state index contributed by atoms with van der Waals surface area (Å²) in [5, 5.41) is 15.1. The van der Waals surface area contributed by atoms with Crippen LogP contribution in [-0.2, 0) is 32.3 Å². The minimum atomic E-state index is -0.634. The van der Waals surface area contributed by atoms with Crippen molar-refractivity contribution in [2.45, 2.75) is 70.0 Å². The van der Waals surface area contributed by atoms with E-state index in [0.717, 1.165) is 5.56 Å². The summed E-state index contributed by atoms with van der Waals surface area (Å²) in [4.78, 5) is 40.4. The second-order valence-electron chi connectivity index (χ2n) is 9.80. The van der Waals surface area contributed by atoms with E-state index in [9.17, 15) is 14.4 Å². The van der Waals surface area contributed by atoms with Crippen LogP contribution < -0.4 is 5.32 Å². The fraction of sp³-hybridized carbons (Fsp3) is 0.545. The first-order valence-corrected chi connectivity index (χ1v) is 11.6. The monoisotopic (exact) mass is 472 g/mol. The standard InChI is InChI=1S/C22H28N6O4S/c1-21(2,3)20(31)32-12-27-25-17(24-26-27)16-22(4,5)33-19-15(18(30)28(16)19)23-14(29)11-13-9-7-6-8-10-13/h6-10,15-16,19H,11-12H2,1-5H3,(H,23,29)/t15?,16?,19-/m1/s1. The van der Waals surface area contributed by atoms with Gasteiger partial charge in [0.2, 0.25) is 18.5 Å². The summed E-state index contributed by atoms with van der Waals surface area (Å²) in [7, 11) is 0. The first kappa shape index (κ1) is 23.2. The number of carbonyl (C=O) groups is 3. The summed E-state index contributed by atoms with van der Waals surface area (Å²) < 4.78 is 4.85. The van der Waals surface area contributed by atoms with Crippen molar-refractivity contribution >= 4 is 29.5 Å². The van der Waals surface area contributed by atoms with E-state index in [2.05, 4.69) is 20.7 Å². The molecular formula is C22H28N6O4S. The highest BCUT2D eigenvalue weighted by molar-refractivity contribution is 8.01. The van der Waals surface area contributed by atoms with E-state index >= 15 is 0 Å². The summed E-state index contributed by atoms with van der Waals surface area (Å²) in [5.41, 5.74) is 0.258. The summed E-state index contributed by atoms with van der Waals surface area (Å²) in [5.74, 6) is -0.347. The normalized spacial score (nSPS) is 23.6. The molecule has 2 saturated heterocycles. The maximum absolute atomic E-state index is 13.0. The average Bonchev–Trinajstić information content (AvgIpc) is 3.30. The molecule has 0 radical (unpaired) electrons. The molecule has 0 aliphatic carbocycles. The van der Waals surface area contributed by atoms with Gasteiger partial charge in [0, 0.05) is 4.75 Å². The lowest BCUT2D eigenvalue weighted by atomic mass is 9.95. The zero-order valence-electron chi connectivity index (χ0n) is 19.3. The lowest BCUT2D eigenvalue weighted by Crippen LogP contribution is -2.68. The number of ether oxygens (including phenoxy) is 1. The van der Waals surface area contributed by atoms with E-state index in [0.29, 0.717) is 5.82 Å². The van der Waals surface area contributed by atoms with Crippen LogP contribution in [0.2, 0.25) is 0 Å². The molecule has 0 bridgehead atoms. The molecule has 10 nitrogen and oxygen atoms in total. The predicted molar refractivity (Wildman–Crippen MR) is 120 cm³/mol. The summed E-state index contributed by atoms with van der Waals surface area (Å²) >= 11 is 1.60. The van der Waals surface area contributed by atoms with E-state index in [-0.39, 0.29) is 36.3 Å². The number of aromatic nitrogens is 4. The molecule has 2 aromatic rings. The minimum absolute atomic E-state index is 0.154. The number of tetrazole rings is 1. The summed E-state index contributed by atoms with van der Waals surface area (Å²) in [6.07, 6.45) is 0.220. The minimum Gasteiger partial charge on any atom is -0.440 e. The molecule has 1 N–H and O–H groups in total. The Kier molecular flexibility index (Phi) is 5.94. The van der Waals surface area contributed by atoms with Gasteiger partial charge in [0.15, 0.2) is 5.82 Å². The van der Waals surface area contributed by atoms with Crippen molar-refractivity contribution in [2.24, 2.45) is 5.41 Å².